The fourth-order valence-corrected chi connectivity index (χ4v) is 2.46. The third kappa shape index (κ3) is 4.18. The van der Waals surface area contributed by atoms with Gasteiger partial charge in [-0.1, -0.05) is 57.2 Å². The van der Waals surface area contributed by atoms with Gasteiger partial charge in [-0.2, -0.15) is 5.10 Å². The molecule has 0 aliphatic carbocycles. The van der Waals surface area contributed by atoms with E-state index in [1.165, 1.54) is 5.56 Å². The summed E-state index contributed by atoms with van der Waals surface area (Å²) in [6.07, 6.45) is 0.900. The summed E-state index contributed by atoms with van der Waals surface area (Å²) in [5.41, 5.74) is 4.78. The molecular formula is C20H22N2O3. The van der Waals surface area contributed by atoms with Crippen LogP contribution in [0.1, 0.15) is 31.9 Å². The van der Waals surface area contributed by atoms with E-state index in [9.17, 15) is 4.79 Å². The zero-order valence-corrected chi connectivity index (χ0v) is 14.7. The number of fused-ring (bicyclic) bond motifs is 1. The second kappa shape index (κ2) is 6.97. The predicted molar refractivity (Wildman–Crippen MR) is 97.2 cm³/mol. The summed E-state index contributed by atoms with van der Waals surface area (Å²) in [5, 5.41) is 4.00. The van der Waals surface area contributed by atoms with Crippen LogP contribution in [0.25, 0.3) is 0 Å². The molecule has 130 valence electrons. The lowest BCUT2D eigenvalue weighted by molar-refractivity contribution is -0.130. The van der Waals surface area contributed by atoms with Crippen LogP contribution in [0, 0.1) is 0 Å². The van der Waals surface area contributed by atoms with Crippen molar-refractivity contribution in [2.24, 2.45) is 5.10 Å². The van der Waals surface area contributed by atoms with E-state index < -0.39 is 6.10 Å². The molecule has 1 aliphatic rings. The Bertz CT molecular complexity index is 776. The molecule has 0 saturated carbocycles. The van der Waals surface area contributed by atoms with Crippen LogP contribution in [-0.2, 0) is 10.2 Å². The number of para-hydroxylation sites is 2. The predicted octanol–water partition coefficient (Wildman–Crippen LogP) is 3.27. The molecule has 2 aromatic rings. The van der Waals surface area contributed by atoms with E-state index in [4.69, 9.17) is 9.47 Å². The first-order valence-corrected chi connectivity index (χ1v) is 8.25. The summed E-state index contributed by atoms with van der Waals surface area (Å²) < 4.78 is 11.2. The Hall–Kier alpha value is -2.82. The maximum atomic E-state index is 12.2. The highest BCUT2D eigenvalue weighted by atomic mass is 16.6. The standard InChI is InChI=1S/C20H22N2O3/c1-20(2,3)15-10-8-14(9-11-15)12-21-22-19(23)18-13-24-16-6-4-5-7-17(16)25-18/h4-12,18H,13H2,1-3H3,(H,22,23)/b21-12-/t18-/m0/s1. The summed E-state index contributed by atoms with van der Waals surface area (Å²) in [6, 6.07) is 15.4. The quantitative estimate of drug-likeness (QED) is 0.690. The highest BCUT2D eigenvalue weighted by Crippen LogP contribution is 2.30. The monoisotopic (exact) mass is 338 g/mol. The van der Waals surface area contributed by atoms with Gasteiger partial charge in [0.15, 0.2) is 11.5 Å². The lowest BCUT2D eigenvalue weighted by Crippen LogP contribution is -2.42. The minimum Gasteiger partial charge on any atom is -0.485 e. The molecule has 0 unspecified atom stereocenters. The molecule has 5 nitrogen and oxygen atoms in total. The van der Waals surface area contributed by atoms with Crippen molar-refractivity contribution < 1.29 is 14.3 Å². The average molecular weight is 338 g/mol. The van der Waals surface area contributed by atoms with E-state index >= 15 is 0 Å². The lowest BCUT2D eigenvalue weighted by Gasteiger charge is -2.24. The van der Waals surface area contributed by atoms with Crippen LogP contribution in [0.5, 0.6) is 11.5 Å². The minimum atomic E-state index is -0.713. The zero-order chi connectivity index (χ0) is 17.9. The normalized spacial score (nSPS) is 16.7. The van der Waals surface area contributed by atoms with E-state index in [0.717, 1.165) is 5.56 Å². The lowest BCUT2D eigenvalue weighted by atomic mass is 9.87. The highest BCUT2D eigenvalue weighted by Gasteiger charge is 2.26. The molecule has 0 radical (unpaired) electrons. The van der Waals surface area contributed by atoms with Crippen LogP contribution < -0.4 is 14.9 Å². The molecule has 5 heteroatoms. The SMILES string of the molecule is CC(C)(C)c1ccc(/C=N\NC(=O)[C@@H]2COc3ccccc3O2)cc1. The van der Waals surface area contributed by atoms with E-state index in [2.05, 4.69) is 43.4 Å². The highest BCUT2D eigenvalue weighted by molar-refractivity contribution is 5.85. The van der Waals surface area contributed by atoms with Crippen molar-refractivity contribution in [2.45, 2.75) is 32.3 Å². The molecule has 0 saturated heterocycles. The zero-order valence-electron chi connectivity index (χ0n) is 14.7. The van der Waals surface area contributed by atoms with E-state index in [1.54, 1.807) is 12.3 Å². The number of nitrogens with one attached hydrogen (secondary N) is 1. The molecule has 1 atom stereocenters. The Morgan fingerprint density at radius 3 is 2.48 bits per heavy atom. The van der Waals surface area contributed by atoms with E-state index in [0.29, 0.717) is 11.5 Å². The molecular weight excluding hydrogens is 316 g/mol. The van der Waals surface area contributed by atoms with E-state index in [1.807, 2.05) is 30.3 Å². The summed E-state index contributed by atoms with van der Waals surface area (Å²) in [6.45, 7) is 6.67. The Morgan fingerprint density at radius 1 is 1.12 bits per heavy atom. The molecule has 1 aliphatic heterocycles. The smallest absolute Gasteiger partial charge is 0.284 e. The minimum absolute atomic E-state index is 0.110. The largest absolute Gasteiger partial charge is 0.485 e. The van der Waals surface area contributed by atoms with Gasteiger partial charge < -0.3 is 9.47 Å². The van der Waals surface area contributed by atoms with Crippen molar-refractivity contribution in [1.29, 1.82) is 0 Å². The molecule has 1 heterocycles. The number of hydrogen-bond acceptors (Lipinski definition) is 4. The van der Waals surface area contributed by atoms with Crippen LogP contribution in [0.4, 0.5) is 0 Å². The van der Waals surface area contributed by atoms with Crippen LogP contribution in [0.3, 0.4) is 0 Å². The van der Waals surface area contributed by atoms with Gasteiger partial charge in [0.2, 0.25) is 6.10 Å². The topological polar surface area (TPSA) is 59.9 Å². The molecule has 1 N–H and O–H groups in total. The number of ether oxygens (including phenoxy) is 2. The molecule has 2 aromatic carbocycles. The molecule has 25 heavy (non-hydrogen) atoms. The van der Waals surface area contributed by atoms with Crippen LogP contribution >= 0.6 is 0 Å². The summed E-state index contributed by atoms with van der Waals surface area (Å²) in [5.74, 6) is 0.877. The second-order valence-electron chi connectivity index (χ2n) is 6.97. The first-order valence-electron chi connectivity index (χ1n) is 8.25. The fourth-order valence-electron chi connectivity index (χ4n) is 2.46. The van der Waals surface area contributed by atoms with Gasteiger partial charge in [0.1, 0.15) is 6.61 Å². The van der Waals surface area contributed by atoms with E-state index in [-0.39, 0.29) is 17.9 Å². The van der Waals surface area contributed by atoms with Crippen molar-refractivity contribution in [3.63, 3.8) is 0 Å². The van der Waals surface area contributed by atoms with Crippen molar-refractivity contribution in [2.75, 3.05) is 6.61 Å². The van der Waals surface area contributed by atoms with Gasteiger partial charge in [-0.25, -0.2) is 5.43 Å². The van der Waals surface area contributed by atoms with Crippen molar-refractivity contribution in [3.8, 4) is 11.5 Å². The van der Waals surface area contributed by atoms with Gasteiger partial charge in [-0.05, 0) is 28.7 Å². The first kappa shape index (κ1) is 17.0. The molecule has 0 bridgehead atoms. The first-order chi connectivity index (χ1) is 11.9. The van der Waals surface area contributed by atoms with Crippen molar-refractivity contribution in [3.05, 3.63) is 59.7 Å². The second-order valence-corrected chi connectivity index (χ2v) is 6.97. The molecule has 0 fully saturated rings. The van der Waals surface area contributed by atoms with Crippen LogP contribution in [0.2, 0.25) is 0 Å². The number of amides is 1. The number of benzene rings is 2. The number of carbonyl (C=O) groups is 1. The Morgan fingerprint density at radius 2 is 1.80 bits per heavy atom. The molecule has 0 spiro atoms. The van der Waals surface area contributed by atoms with Crippen molar-refractivity contribution in [1.82, 2.24) is 5.43 Å². The maximum absolute atomic E-state index is 12.2. The van der Waals surface area contributed by atoms with Gasteiger partial charge in [-0.15, -0.1) is 0 Å². The number of nitrogens with zero attached hydrogens (tertiary/aromatic N) is 1. The number of rotatable bonds is 3. The third-order valence-electron chi connectivity index (χ3n) is 3.97. The maximum Gasteiger partial charge on any atom is 0.284 e. The van der Waals surface area contributed by atoms with Gasteiger partial charge in [0.25, 0.3) is 5.91 Å². The molecule has 1 amide bonds. The molecule has 3 rings (SSSR count). The summed E-state index contributed by atoms with van der Waals surface area (Å²) >= 11 is 0. The van der Waals surface area contributed by atoms with Crippen LogP contribution in [0.15, 0.2) is 53.6 Å². The third-order valence-corrected chi connectivity index (χ3v) is 3.97. The Labute approximate surface area is 147 Å². The van der Waals surface area contributed by atoms with Crippen molar-refractivity contribution >= 4 is 12.1 Å². The number of hydrazone groups is 1. The van der Waals surface area contributed by atoms with Gasteiger partial charge >= 0.3 is 0 Å². The summed E-state index contributed by atoms with van der Waals surface area (Å²) in [7, 11) is 0. The molecule has 0 aromatic heterocycles. The average Bonchev–Trinajstić information content (AvgIpc) is 2.61. The fraction of sp³-hybridized carbons (Fsp3) is 0.300. The van der Waals surface area contributed by atoms with Gasteiger partial charge in [0, 0.05) is 0 Å². The summed E-state index contributed by atoms with van der Waals surface area (Å²) in [4.78, 5) is 12.2. The number of carbonyl (C=O) groups excluding carboxylic acids is 1. The van der Waals surface area contributed by atoms with Crippen LogP contribution in [-0.4, -0.2) is 24.8 Å². The Kier molecular flexibility index (Phi) is 4.74. The van der Waals surface area contributed by atoms with Gasteiger partial charge in [0.05, 0.1) is 6.21 Å². The van der Waals surface area contributed by atoms with Gasteiger partial charge in [-0.3, -0.25) is 4.79 Å². The Balaban J connectivity index is 1.56. The number of hydrogen-bond donors (Lipinski definition) is 1.